The normalized spacial score (nSPS) is 13.2. The van der Waals surface area contributed by atoms with Gasteiger partial charge in [0.2, 0.25) is 0 Å². The van der Waals surface area contributed by atoms with E-state index in [-0.39, 0.29) is 0 Å². The third-order valence-electron chi connectivity index (χ3n) is 11.9. The van der Waals surface area contributed by atoms with Crippen LogP contribution >= 0.6 is 0 Å². The summed E-state index contributed by atoms with van der Waals surface area (Å²) in [6.45, 7) is 0. The molecular formula is C52H32N2O. The zero-order valence-corrected chi connectivity index (χ0v) is 29.8. The number of fused-ring (bicyclic) bond motifs is 14. The summed E-state index contributed by atoms with van der Waals surface area (Å²) < 4.78 is 6.88. The SMILES string of the molecule is c1ccc(-c2ccc(N(c3cccc4c3-c3ccccc3C43c4ccccc4-c4ccccc43)c3nccc4c3oc3cc5ccccc5cc34)cc2)cc1. The van der Waals surface area contributed by atoms with Gasteiger partial charge in [-0.05, 0) is 97.2 Å². The van der Waals surface area contributed by atoms with Crippen LogP contribution in [-0.2, 0) is 5.41 Å². The van der Waals surface area contributed by atoms with E-state index < -0.39 is 5.41 Å². The summed E-state index contributed by atoms with van der Waals surface area (Å²) in [5.41, 5.74) is 15.8. The summed E-state index contributed by atoms with van der Waals surface area (Å²) in [5.74, 6) is 0.754. The second kappa shape index (κ2) is 11.4. The fraction of sp³-hybridized carbons (Fsp3) is 0.0192. The Morgan fingerprint density at radius 3 is 1.76 bits per heavy atom. The summed E-state index contributed by atoms with van der Waals surface area (Å²) in [6, 6.07) is 68.1. The lowest BCUT2D eigenvalue weighted by Crippen LogP contribution is -2.26. The van der Waals surface area contributed by atoms with Gasteiger partial charge in [-0.3, -0.25) is 4.90 Å². The van der Waals surface area contributed by atoms with Crippen LogP contribution in [0.15, 0.2) is 199 Å². The number of benzene rings is 8. The third kappa shape index (κ3) is 4.12. The molecule has 2 aliphatic rings. The lowest BCUT2D eigenvalue weighted by atomic mass is 9.70. The molecule has 0 radical (unpaired) electrons. The van der Waals surface area contributed by atoms with E-state index in [0.29, 0.717) is 0 Å². The van der Waals surface area contributed by atoms with Crippen molar-refractivity contribution < 1.29 is 4.42 Å². The fourth-order valence-corrected chi connectivity index (χ4v) is 9.65. The molecule has 0 N–H and O–H groups in total. The van der Waals surface area contributed by atoms with Crippen molar-refractivity contribution in [3.05, 3.63) is 217 Å². The zero-order chi connectivity index (χ0) is 36.1. The summed E-state index contributed by atoms with van der Waals surface area (Å²) in [5, 5.41) is 4.46. The molecule has 3 heteroatoms. The predicted molar refractivity (Wildman–Crippen MR) is 225 cm³/mol. The first-order chi connectivity index (χ1) is 27.3. The maximum absolute atomic E-state index is 6.88. The number of furan rings is 1. The highest BCUT2D eigenvalue weighted by Gasteiger charge is 2.52. The average Bonchev–Trinajstić information content (AvgIpc) is 3.88. The molecule has 55 heavy (non-hydrogen) atoms. The Balaban J connectivity index is 1.16. The molecule has 3 nitrogen and oxygen atoms in total. The number of hydrogen-bond donors (Lipinski definition) is 0. The molecule has 0 saturated carbocycles. The van der Waals surface area contributed by atoms with Gasteiger partial charge < -0.3 is 4.42 Å². The molecule has 0 amide bonds. The van der Waals surface area contributed by atoms with Crippen LogP contribution in [-0.4, -0.2) is 4.98 Å². The number of anilines is 3. The van der Waals surface area contributed by atoms with Gasteiger partial charge in [-0.1, -0.05) is 152 Å². The van der Waals surface area contributed by atoms with Crippen LogP contribution in [0.1, 0.15) is 22.3 Å². The zero-order valence-electron chi connectivity index (χ0n) is 29.8. The first kappa shape index (κ1) is 30.3. The van der Waals surface area contributed by atoms with Crippen LogP contribution in [0.3, 0.4) is 0 Å². The van der Waals surface area contributed by atoms with Crippen molar-refractivity contribution in [1.29, 1.82) is 0 Å². The highest BCUT2D eigenvalue weighted by molar-refractivity contribution is 6.13. The molecule has 0 fully saturated rings. The molecule has 10 aromatic rings. The Bertz CT molecular complexity index is 3110. The van der Waals surface area contributed by atoms with Crippen LogP contribution in [0.2, 0.25) is 0 Å². The molecule has 2 heterocycles. The van der Waals surface area contributed by atoms with Gasteiger partial charge in [-0.15, -0.1) is 0 Å². The topological polar surface area (TPSA) is 29.3 Å². The molecule has 0 atom stereocenters. The van der Waals surface area contributed by atoms with Crippen molar-refractivity contribution in [3.8, 4) is 33.4 Å². The van der Waals surface area contributed by atoms with Crippen LogP contribution in [0.5, 0.6) is 0 Å². The standard InChI is InChI=1S/C52H32N2O/c1-2-13-33(14-3-1)34-25-27-37(28-26-34)54(51-50-40(29-30-53-51)42-31-35-15-4-5-16-36(35)32-48(42)55-50)47-24-12-23-46-49(47)41-19-8-11-22-45(41)52(46)43-20-9-6-17-38(43)39-18-7-10-21-44(39)52/h1-32H. The van der Waals surface area contributed by atoms with Crippen molar-refractivity contribution >= 4 is 49.9 Å². The molecule has 2 aliphatic carbocycles. The van der Waals surface area contributed by atoms with Crippen molar-refractivity contribution in [2.45, 2.75) is 5.41 Å². The maximum Gasteiger partial charge on any atom is 0.181 e. The Morgan fingerprint density at radius 2 is 1.04 bits per heavy atom. The molecule has 8 aromatic carbocycles. The van der Waals surface area contributed by atoms with Gasteiger partial charge in [0.05, 0.1) is 11.1 Å². The Morgan fingerprint density at radius 1 is 0.455 bits per heavy atom. The van der Waals surface area contributed by atoms with E-state index in [0.717, 1.165) is 50.1 Å². The third-order valence-corrected chi connectivity index (χ3v) is 11.9. The fourth-order valence-electron chi connectivity index (χ4n) is 9.65. The minimum atomic E-state index is -0.461. The Kier molecular flexibility index (Phi) is 6.26. The first-order valence-electron chi connectivity index (χ1n) is 18.9. The van der Waals surface area contributed by atoms with Crippen LogP contribution in [0.25, 0.3) is 66.1 Å². The number of rotatable bonds is 4. The molecule has 256 valence electrons. The largest absolute Gasteiger partial charge is 0.452 e. The van der Waals surface area contributed by atoms with Gasteiger partial charge in [0.15, 0.2) is 11.4 Å². The molecule has 1 spiro atoms. The summed E-state index contributed by atoms with van der Waals surface area (Å²) in [4.78, 5) is 7.50. The summed E-state index contributed by atoms with van der Waals surface area (Å²) in [6.07, 6.45) is 1.93. The molecule has 12 rings (SSSR count). The lowest BCUT2D eigenvalue weighted by molar-refractivity contribution is 0.667. The number of nitrogens with zero attached hydrogens (tertiary/aromatic N) is 2. The second-order valence-corrected chi connectivity index (χ2v) is 14.6. The number of aromatic nitrogens is 1. The van der Waals surface area contributed by atoms with Crippen LogP contribution in [0, 0.1) is 0 Å². The molecule has 2 aromatic heterocycles. The highest BCUT2D eigenvalue weighted by atomic mass is 16.3. The molecule has 0 aliphatic heterocycles. The van der Waals surface area contributed by atoms with E-state index >= 15 is 0 Å². The van der Waals surface area contributed by atoms with E-state index in [1.54, 1.807) is 0 Å². The van der Waals surface area contributed by atoms with Gasteiger partial charge in [-0.2, -0.15) is 0 Å². The lowest BCUT2D eigenvalue weighted by Gasteiger charge is -2.31. The molecule has 0 saturated heterocycles. The monoisotopic (exact) mass is 700 g/mol. The van der Waals surface area contributed by atoms with Crippen LogP contribution in [0.4, 0.5) is 17.2 Å². The summed E-state index contributed by atoms with van der Waals surface area (Å²) in [7, 11) is 0. The smallest absolute Gasteiger partial charge is 0.181 e. The maximum atomic E-state index is 6.88. The van der Waals surface area contributed by atoms with E-state index in [9.17, 15) is 0 Å². The summed E-state index contributed by atoms with van der Waals surface area (Å²) >= 11 is 0. The quantitative estimate of drug-likeness (QED) is 0.183. The van der Waals surface area contributed by atoms with Gasteiger partial charge >= 0.3 is 0 Å². The average molecular weight is 701 g/mol. The van der Waals surface area contributed by atoms with Gasteiger partial charge in [0, 0.05) is 28.2 Å². The van der Waals surface area contributed by atoms with Gasteiger partial charge in [0.1, 0.15) is 5.58 Å². The van der Waals surface area contributed by atoms with E-state index in [4.69, 9.17) is 9.40 Å². The minimum Gasteiger partial charge on any atom is -0.452 e. The molecule has 0 unspecified atom stereocenters. The van der Waals surface area contributed by atoms with Crippen LogP contribution < -0.4 is 4.90 Å². The van der Waals surface area contributed by atoms with E-state index in [1.807, 2.05) is 6.20 Å². The number of pyridine rings is 1. The van der Waals surface area contributed by atoms with Crippen molar-refractivity contribution in [2.75, 3.05) is 4.90 Å². The van der Waals surface area contributed by atoms with Gasteiger partial charge in [0.25, 0.3) is 0 Å². The molecule has 0 bridgehead atoms. The highest BCUT2D eigenvalue weighted by Crippen LogP contribution is 2.64. The molecular weight excluding hydrogens is 669 g/mol. The second-order valence-electron chi connectivity index (χ2n) is 14.6. The van der Waals surface area contributed by atoms with E-state index in [2.05, 4.69) is 193 Å². The van der Waals surface area contributed by atoms with Crippen molar-refractivity contribution in [2.24, 2.45) is 0 Å². The number of hydrogen-bond acceptors (Lipinski definition) is 3. The van der Waals surface area contributed by atoms with E-state index in [1.165, 1.54) is 55.5 Å². The van der Waals surface area contributed by atoms with Crippen molar-refractivity contribution in [1.82, 2.24) is 4.98 Å². The van der Waals surface area contributed by atoms with Crippen molar-refractivity contribution in [3.63, 3.8) is 0 Å². The van der Waals surface area contributed by atoms with Gasteiger partial charge in [-0.25, -0.2) is 4.98 Å². The predicted octanol–water partition coefficient (Wildman–Crippen LogP) is 13.6. The Labute approximate surface area is 318 Å². The Hall–Kier alpha value is -7.23. The first-order valence-corrected chi connectivity index (χ1v) is 18.9. The minimum absolute atomic E-state index is 0.461.